The van der Waals surface area contributed by atoms with Crippen molar-refractivity contribution in [2.24, 2.45) is 0 Å². The number of nitrogens with zero attached hydrogens (tertiary/aromatic N) is 1. The second-order valence-corrected chi connectivity index (χ2v) is 3.49. The fourth-order valence-electron chi connectivity index (χ4n) is 1.02. The van der Waals surface area contributed by atoms with Crippen LogP contribution in [-0.2, 0) is 4.74 Å². The summed E-state index contributed by atoms with van der Waals surface area (Å²) in [5.74, 6) is 0.407. The maximum absolute atomic E-state index is 11.6. The molecule has 14 heavy (non-hydrogen) atoms. The zero-order valence-electron chi connectivity index (χ0n) is 8.27. The molecule has 0 N–H and O–H groups in total. The molecule has 0 saturated heterocycles. The first-order valence-corrected chi connectivity index (χ1v) is 4.91. The van der Waals surface area contributed by atoms with Crippen LogP contribution in [0, 0.1) is 0 Å². The van der Waals surface area contributed by atoms with Crippen LogP contribution in [0.15, 0.2) is 0 Å². The van der Waals surface area contributed by atoms with Crippen LogP contribution in [0.4, 0.5) is 13.2 Å². The van der Waals surface area contributed by atoms with Crippen LogP contribution in [0.2, 0.25) is 0 Å². The lowest BCUT2D eigenvalue weighted by atomic mass is 10.3. The van der Waals surface area contributed by atoms with Crippen molar-refractivity contribution in [1.82, 2.24) is 4.90 Å². The molecule has 0 atom stereocenters. The monoisotopic (exact) mass is 233 g/mol. The summed E-state index contributed by atoms with van der Waals surface area (Å²) in [6, 6.07) is 0.172. The van der Waals surface area contributed by atoms with E-state index in [1.807, 2.05) is 18.7 Å². The Morgan fingerprint density at radius 2 is 1.86 bits per heavy atom. The van der Waals surface area contributed by atoms with Crippen molar-refractivity contribution in [3.8, 4) is 0 Å². The van der Waals surface area contributed by atoms with Gasteiger partial charge in [-0.2, -0.15) is 0 Å². The predicted octanol–water partition coefficient (Wildman–Crippen LogP) is 2.47. The number of rotatable bonds is 6. The van der Waals surface area contributed by atoms with Crippen molar-refractivity contribution in [2.45, 2.75) is 26.3 Å². The maximum Gasteiger partial charge on any atom is 0.522 e. The zero-order valence-corrected chi connectivity index (χ0v) is 9.03. The topological polar surface area (TPSA) is 12.5 Å². The molecule has 86 valence electrons. The quantitative estimate of drug-likeness (QED) is 0.654. The van der Waals surface area contributed by atoms with E-state index < -0.39 is 6.36 Å². The fourth-order valence-corrected chi connectivity index (χ4v) is 1.23. The summed E-state index contributed by atoms with van der Waals surface area (Å²) < 4.78 is 38.6. The molecular weight excluding hydrogens is 219 g/mol. The standard InChI is InChI=1S/C8H15ClF3NO/c1-7(2)13(4-3-9)5-6-14-8(10,11)12/h7H,3-6H2,1-2H3. The smallest absolute Gasteiger partial charge is 0.297 e. The van der Waals surface area contributed by atoms with E-state index in [-0.39, 0.29) is 19.2 Å². The van der Waals surface area contributed by atoms with Crippen molar-refractivity contribution in [3.05, 3.63) is 0 Å². The summed E-state index contributed by atoms with van der Waals surface area (Å²) in [6.45, 7) is 4.27. The summed E-state index contributed by atoms with van der Waals surface area (Å²) in [4.78, 5) is 1.83. The molecule has 0 aromatic heterocycles. The molecule has 0 saturated carbocycles. The van der Waals surface area contributed by atoms with Crippen molar-refractivity contribution in [2.75, 3.05) is 25.6 Å². The van der Waals surface area contributed by atoms with Gasteiger partial charge in [-0.3, -0.25) is 9.64 Å². The Hall–Kier alpha value is -0.0000000000000000555. The van der Waals surface area contributed by atoms with E-state index in [2.05, 4.69) is 4.74 Å². The van der Waals surface area contributed by atoms with Crippen molar-refractivity contribution in [1.29, 1.82) is 0 Å². The Balaban J connectivity index is 3.72. The maximum atomic E-state index is 11.6. The molecule has 0 aliphatic rings. The summed E-state index contributed by atoms with van der Waals surface area (Å²) in [5, 5.41) is 0. The lowest BCUT2D eigenvalue weighted by molar-refractivity contribution is -0.325. The van der Waals surface area contributed by atoms with E-state index in [0.29, 0.717) is 12.4 Å². The molecule has 0 amide bonds. The highest BCUT2D eigenvalue weighted by Gasteiger charge is 2.28. The first kappa shape index (κ1) is 14.0. The van der Waals surface area contributed by atoms with Crippen LogP contribution in [0.3, 0.4) is 0 Å². The highest BCUT2D eigenvalue weighted by atomic mass is 35.5. The van der Waals surface area contributed by atoms with E-state index in [9.17, 15) is 13.2 Å². The molecule has 0 bridgehead atoms. The molecule has 0 spiro atoms. The summed E-state index contributed by atoms with van der Waals surface area (Å²) in [6.07, 6.45) is -4.54. The minimum atomic E-state index is -4.54. The summed E-state index contributed by atoms with van der Waals surface area (Å²) >= 11 is 5.50. The predicted molar refractivity (Wildman–Crippen MR) is 49.4 cm³/mol. The van der Waals surface area contributed by atoms with Gasteiger partial charge >= 0.3 is 6.36 Å². The average Bonchev–Trinajstić information content (AvgIpc) is 2.00. The van der Waals surface area contributed by atoms with Gasteiger partial charge in [0.15, 0.2) is 0 Å². The molecule has 0 aliphatic carbocycles. The van der Waals surface area contributed by atoms with Gasteiger partial charge in [-0.05, 0) is 13.8 Å². The number of alkyl halides is 4. The fraction of sp³-hybridized carbons (Fsp3) is 1.00. The lowest BCUT2D eigenvalue weighted by Crippen LogP contribution is -2.36. The van der Waals surface area contributed by atoms with E-state index in [4.69, 9.17) is 11.6 Å². The van der Waals surface area contributed by atoms with Gasteiger partial charge in [0.05, 0.1) is 6.61 Å². The second kappa shape index (κ2) is 6.48. The SMILES string of the molecule is CC(C)N(CCCl)CCOC(F)(F)F. The lowest BCUT2D eigenvalue weighted by Gasteiger charge is -2.25. The molecule has 0 aromatic rings. The van der Waals surface area contributed by atoms with Gasteiger partial charge in [0.2, 0.25) is 0 Å². The van der Waals surface area contributed by atoms with E-state index in [0.717, 1.165) is 0 Å². The van der Waals surface area contributed by atoms with Crippen LogP contribution in [0.25, 0.3) is 0 Å². The molecular formula is C8H15ClF3NO. The van der Waals surface area contributed by atoms with E-state index >= 15 is 0 Å². The molecule has 0 rings (SSSR count). The van der Waals surface area contributed by atoms with Gasteiger partial charge in [-0.15, -0.1) is 24.8 Å². The largest absolute Gasteiger partial charge is 0.522 e. The third kappa shape index (κ3) is 7.41. The Kier molecular flexibility index (Phi) is 6.48. The molecule has 0 unspecified atom stereocenters. The summed E-state index contributed by atoms with van der Waals surface area (Å²) in [5.41, 5.74) is 0. The number of ether oxygens (including phenoxy) is 1. The normalized spacial score (nSPS) is 12.9. The first-order valence-electron chi connectivity index (χ1n) is 4.37. The van der Waals surface area contributed by atoms with Crippen LogP contribution in [0.1, 0.15) is 13.8 Å². The van der Waals surface area contributed by atoms with Gasteiger partial charge in [0.25, 0.3) is 0 Å². The molecule has 2 nitrogen and oxygen atoms in total. The molecule has 6 heteroatoms. The highest BCUT2D eigenvalue weighted by molar-refractivity contribution is 6.18. The molecule has 0 radical (unpaired) electrons. The van der Waals surface area contributed by atoms with Crippen LogP contribution in [0.5, 0.6) is 0 Å². The third-order valence-corrected chi connectivity index (χ3v) is 1.92. The summed E-state index contributed by atoms with van der Waals surface area (Å²) in [7, 11) is 0. The average molecular weight is 234 g/mol. The van der Waals surface area contributed by atoms with E-state index in [1.54, 1.807) is 0 Å². The number of halogens is 4. The highest BCUT2D eigenvalue weighted by Crippen LogP contribution is 2.15. The zero-order chi connectivity index (χ0) is 11.2. The van der Waals surface area contributed by atoms with Gasteiger partial charge < -0.3 is 0 Å². The number of hydrogen-bond donors (Lipinski definition) is 0. The van der Waals surface area contributed by atoms with E-state index in [1.165, 1.54) is 0 Å². The van der Waals surface area contributed by atoms with Gasteiger partial charge in [-0.1, -0.05) is 0 Å². The Morgan fingerprint density at radius 3 is 2.21 bits per heavy atom. The van der Waals surface area contributed by atoms with Crippen LogP contribution in [-0.4, -0.2) is 42.9 Å². The van der Waals surface area contributed by atoms with Crippen LogP contribution < -0.4 is 0 Å². The Bertz CT molecular complexity index is 152. The molecule has 0 fully saturated rings. The second-order valence-electron chi connectivity index (χ2n) is 3.11. The number of hydrogen-bond acceptors (Lipinski definition) is 2. The van der Waals surface area contributed by atoms with Gasteiger partial charge in [0, 0.05) is 25.0 Å². The van der Waals surface area contributed by atoms with Gasteiger partial charge in [-0.25, -0.2) is 0 Å². The van der Waals surface area contributed by atoms with Crippen LogP contribution >= 0.6 is 11.6 Å². The van der Waals surface area contributed by atoms with Crippen molar-refractivity contribution >= 4 is 11.6 Å². The molecule has 0 aromatic carbocycles. The molecule has 0 heterocycles. The minimum Gasteiger partial charge on any atom is -0.297 e. The van der Waals surface area contributed by atoms with Gasteiger partial charge in [0.1, 0.15) is 0 Å². The molecule has 0 aliphatic heterocycles. The third-order valence-electron chi connectivity index (χ3n) is 1.75. The minimum absolute atomic E-state index is 0.172. The van der Waals surface area contributed by atoms with Crippen molar-refractivity contribution < 1.29 is 17.9 Å². The Morgan fingerprint density at radius 1 is 1.29 bits per heavy atom. The van der Waals surface area contributed by atoms with Crippen molar-refractivity contribution in [3.63, 3.8) is 0 Å². The first-order chi connectivity index (χ1) is 6.37. The Labute approximate surface area is 87.0 Å².